The summed E-state index contributed by atoms with van der Waals surface area (Å²) in [5, 5.41) is 0. The molecule has 9 heavy (non-hydrogen) atoms. The van der Waals surface area contributed by atoms with Crippen molar-refractivity contribution in [1.29, 1.82) is 0 Å². The Labute approximate surface area is 72.0 Å². The monoisotopic (exact) mass is 220 g/mol. The van der Waals surface area contributed by atoms with Gasteiger partial charge in [-0.05, 0) is 24.3 Å². The lowest BCUT2D eigenvalue weighted by atomic mass is 10.4. The Morgan fingerprint density at radius 2 is 1.78 bits per heavy atom. The molecule has 1 aromatic rings. The summed E-state index contributed by atoms with van der Waals surface area (Å²) in [6, 6.07) is 8.03. The van der Waals surface area contributed by atoms with Crippen molar-refractivity contribution in [2.24, 2.45) is 0 Å². The molecule has 0 bridgehead atoms. The molecule has 1 rings (SSSR count). The molecular formula is C6H5BrS2. The van der Waals surface area contributed by atoms with Gasteiger partial charge in [0.1, 0.15) is 0 Å². The number of hydrogen-bond donors (Lipinski definition) is 1. The fraction of sp³-hybridized carbons (Fsp3) is 0. The van der Waals surface area contributed by atoms with Gasteiger partial charge in [-0.3, -0.25) is 0 Å². The minimum atomic E-state index is 1.11. The maximum Gasteiger partial charge on any atom is 0.0181 e. The number of hydrogen-bond acceptors (Lipinski definition) is 2. The van der Waals surface area contributed by atoms with Crippen molar-refractivity contribution in [2.45, 2.75) is 4.90 Å². The average Bonchev–Trinajstić information content (AvgIpc) is 1.90. The largest absolute Gasteiger partial charge is 0.106 e. The van der Waals surface area contributed by atoms with Crippen LogP contribution < -0.4 is 0 Å². The second-order valence-corrected chi connectivity index (χ2v) is 3.66. The highest BCUT2D eigenvalue weighted by Gasteiger charge is 1.87. The molecule has 0 N–H and O–H groups in total. The Morgan fingerprint density at radius 3 is 2.22 bits per heavy atom. The zero-order chi connectivity index (χ0) is 6.69. The normalized spacial score (nSPS) is 9.56. The molecule has 0 aliphatic heterocycles. The molecule has 0 nitrogen and oxygen atoms in total. The van der Waals surface area contributed by atoms with Crippen LogP contribution in [0, 0.1) is 0 Å². The van der Waals surface area contributed by atoms with Gasteiger partial charge >= 0.3 is 0 Å². The molecule has 1 aromatic carbocycles. The molecule has 0 spiro atoms. The van der Waals surface area contributed by atoms with E-state index in [1.54, 1.807) is 0 Å². The van der Waals surface area contributed by atoms with E-state index >= 15 is 0 Å². The minimum absolute atomic E-state index is 1.11. The van der Waals surface area contributed by atoms with E-state index in [-0.39, 0.29) is 0 Å². The zero-order valence-electron chi connectivity index (χ0n) is 4.54. The quantitative estimate of drug-likeness (QED) is 0.560. The third-order valence-corrected chi connectivity index (χ3v) is 2.56. The first kappa shape index (κ1) is 7.51. The molecule has 0 fully saturated rings. The third kappa shape index (κ3) is 2.24. The van der Waals surface area contributed by atoms with E-state index in [2.05, 4.69) is 27.6 Å². The maximum absolute atomic E-state index is 4.05. The van der Waals surface area contributed by atoms with E-state index in [1.807, 2.05) is 24.3 Å². The van der Waals surface area contributed by atoms with Crippen LogP contribution in [0.5, 0.6) is 0 Å². The van der Waals surface area contributed by atoms with Crippen LogP contribution in [0.15, 0.2) is 33.6 Å². The SMILES string of the molecule is SSc1ccc(Br)cc1. The van der Waals surface area contributed by atoms with Crippen molar-refractivity contribution in [2.75, 3.05) is 0 Å². The van der Waals surface area contributed by atoms with E-state index in [1.165, 1.54) is 15.7 Å². The second kappa shape index (κ2) is 3.54. The van der Waals surface area contributed by atoms with Crippen LogP contribution in [-0.4, -0.2) is 0 Å². The first-order valence-electron chi connectivity index (χ1n) is 2.40. The number of thiol groups is 1. The van der Waals surface area contributed by atoms with Crippen molar-refractivity contribution < 1.29 is 0 Å². The predicted octanol–water partition coefficient (Wildman–Crippen LogP) is 3.39. The molecule has 0 aromatic heterocycles. The summed E-state index contributed by atoms with van der Waals surface area (Å²) < 4.78 is 1.11. The first-order chi connectivity index (χ1) is 4.33. The van der Waals surface area contributed by atoms with Gasteiger partial charge in [0.05, 0.1) is 0 Å². The van der Waals surface area contributed by atoms with Gasteiger partial charge in [-0.1, -0.05) is 26.7 Å². The predicted molar refractivity (Wildman–Crippen MR) is 49.0 cm³/mol. The summed E-state index contributed by atoms with van der Waals surface area (Å²) in [6.45, 7) is 0. The summed E-state index contributed by atoms with van der Waals surface area (Å²) >= 11 is 7.39. The molecule has 0 aliphatic carbocycles. The molecule has 48 valence electrons. The number of benzene rings is 1. The summed E-state index contributed by atoms with van der Waals surface area (Å²) in [5.41, 5.74) is 0. The van der Waals surface area contributed by atoms with Crippen molar-refractivity contribution in [3.8, 4) is 0 Å². The van der Waals surface area contributed by atoms with Crippen molar-refractivity contribution in [1.82, 2.24) is 0 Å². The third-order valence-electron chi connectivity index (χ3n) is 0.919. The molecular weight excluding hydrogens is 216 g/mol. The van der Waals surface area contributed by atoms with Crippen molar-refractivity contribution >= 4 is 38.4 Å². The van der Waals surface area contributed by atoms with Gasteiger partial charge in [0.2, 0.25) is 0 Å². The maximum atomic E-state index is 4.05. The van der Waals surface area contributed by atoms with Gasteiger partial charge in [-0.2, -0.15) is 0 Å². The fourth-order valence-electron chi connectivity index (χ4n) is 0.495. The molecule has 0 saturated heterocycles. The Hall–Kier alpha value is 0.400. The first-order valence-corrected chi connectivity index (χ1v) is 5.06. The van der Waals surface area contributed by atoms with E-state index in [9.17, 15) is 0 Å². The molecule has 0 aliphatic rings. The van der Waals surface area contributed by atoms with Gasteiger partial charge in [0.25, 0.3) is 0 Å². The summed E-state index contributed by atoms with van der Waals surface area (Å²) in [6.07, 6.45) is 0. The Balaban J connectivity index is 2.88. The standard InChI is InChI=1S/C6H5BrS2/c7-5-1-3-6(9-8)4-2-5/h1-4,8H. The molecule has 0 heterocycles. The Morgan fingerprint density at radius 1 is 1.22 bits per heavy atom. The van der Waals surface area contributed by atoms with Crippen LogP contribution in [0.25, 0.3) is 0 Å². The number of halogens is 1. The number of rotatable bonds is 1. The Kier molecular flexibility index (Phi) is 2.95. The molecule has 0 amide bonds. The fourth-order valence-corrected chi connectivity index (χ4v) is 1.38. The van der Waals surface area contributed by atoms with Gasteiger partial charge in [0.15, 0.2) is 0 Å². The van der Waals surface area contributed by atoms with E-state index < -0.39 is 0 Å². The summed E-state index contributed by atoms with van der Waals surface area (Å²) in [4.78, 5) is 1.17. The van der Waals surface area contributed by atoms with Gasteiger partial charge in [-0.15, -0.1) is 11.7 Å². The molecule has 0 unspecified atom stereocenters. The van der Waals surface area contributed by atoms with Gasteiger partial charge in [-0.25, -0.2) is 0 Å². The van der Waals surface area contributed by atoms with Crippen LogP contribution in [0.2, 0.25) is 0 Å². The van der Waals surface area contributed by atoms with Crippen LogP contribution in [-0.2, 0) is 0 Å². The lowest BCUT2D eigenvalue weighted by Crippen LogP contribution is -1.64. The van der Waals surface area contributed by atoms with Crippen LogP contribution >= 0.6 is 38.4 Å². The molecule has 0 saturated carbocycles. The van der Waals surface area contributed by atoms with Crippen LogP contribution in [0.1, 0.15) is 0 Å². The topological polar surface area (TPSA) is 0 Å². The lowest BCUT2D eigenvalue weighted by Gasteiger charge is -1.92. The van der Waals surface area contributed by atoms with Crippen LogP contribution in [0.4, 0.5) is 0 Å². The highest BCUT2D eigenvalue weighted by molar-refractivity contribution is 9.10. The highest BCUT2D eigenvalue weighted by Crippen LogP contribution is 2.22. The average molecular weight is 221 g/mol. The van der Waals surface area contributed by atoms with Gasteiger partial charge in [0, 0.05) is 9.37 Å². The van der Waals surface area contributed by atoms with E-state index in [0.29, 0.717) is 0 Å². The smallest absolute Gasteiger partial charge is 0.0181 e. The molecule has 0 radical (unpaired) electrons. The lowest BCUT2D eigenvalue weighted by molar-refractivity contribution is 1.45. The summed E-state index contributed by atoms with van der Waals surface area (Å²) in [5.74, 6) is 0. The minimum Gasteiger partial charge on any atom is -0.106 e. The van der Waals surface area contributed by atoms with E-state index in [0.717, 1.165) is 4.47 Å². The van der Waals surface area contributed by atoms with Crippen molar-refractivity contribution in [3.63, 3.8) is 0 Å². The van der Waals surface area contributed by atoms with E-state index in [4.69, 9.17) is 0 Å². The van der Waals surface area contributed by atoms with Gasteiger partial charge < -0.3 is 0 Å². The molecule has 0 atom stereocenters. The Bertz CT molecular complexity index is 183. The zero-order valence-corrected chi connectivity index (χ0v) is 7.84. The van der Waals surface area contributed by atoms with Crippen LogP contribution in [0.3, 0.4) is 0 Å². The highest BCUT2D eigenvalue weighted by atomic mass is 79.9. The summed E-state index contributed by atoms with van der Waals surface area (Å²) in [7, 11) is 1.45. The molecule has 3 heteroatoms. The second-order valence-electron chi connectivity index (χ2n) is 1.55. The van der Waals surface area contributed by atoms with Crippen molar-refractivity contribution in [3.05, 3.63) is 28.7 Å².